The lowest BCUT2D eigenvalue weighted by Gasteiger charge is -2.01. The first-order valence-electron chi connectivity index (χ1n) is 6.54. The van der Waals surface area contributed by atoms with Crippen LogP contribution >= 0.6 is 0 Å². The van der Waals surface area contributed by atoms with E-state index >= 15 is 0 Å². The third-order valence-corrected chi connectivity index (χ3v) is 2.83. The number of benzene rings is 1. The van der Waals surface area contributed by atoms with E-state index in [4.69, 9.17) is 0 Å². The average Bonchev–Trinajstić information content (AvgIpc) is 2.57. The number of H-pyrrole nitrogens is 1. The number of anilines is 1. The van der Waals surface area contributed by atoms with Crippen molar-refractivity contribution in [3.05, 3.63) is 70.8 Å². The monoisotopic (exact) mass is 292 g/mol. The Kier molecular flexibility index (Phi) is 3.96. The summed E-state index contributed by atoms with van der Waals surface area (Å²) in [6.07, 6.45) is 4.92. The lowest BCUT2D eigenvalue weighted by molar-refractivity contribution is 0.947. The minimum atomic E-state index is -0.331. The Bertz CT molecular complexity index is 829. The molecule has 0 radical (unpaired) electrons. The van der Waals surface area contributed by atoms with Gasteiger partial charge in [-0.25, -0.2) is 5.43 Å². The highest BCUT2D eigenvalue weighted by Gasteiger charge is 2.06. The van der Waals surface area contributed by atoms with Crippen molar-refractivity contribution < 1.29 is 0 Å². The standard InChI is InChI=1S/C15H12N6O/c22-14-13(12-4-2-1-3-5-12)19-21-15(18-14)20-17-10-11-6-8-16-9-7-11/h1-10H,(H2,18,20,21,22)/b17-10+. The van der Waals surface area contributed by atoms with Crippen molar-refractivity contribution in [1.29, 1.82) is 0 Å². The molecule has 0 aliphatic heterocycles. The van der Waals surface area contributed by atoms with Crippen LogP contribution in [0.3, 0.4) is 0 Å². The Morgan fingerprint density at radius 2 is 1.82 bits per heavy atom. The van der Waals surface area contributed by atoms with Gasteiger partial charge in [-0.05, 0) is 17.7 Å². The third kappa shape index (κ3) is 3.21. The SMILES string of the molecule is O=c1[nH]c(N/N=C/c2ccncc2)nnc1-c1ccccc1. The Labute approximate surface area is 125 Å². The number of rotatable bonds is 4. The molecule has 0 saturated heterocycles. The average molecular weight is 292 g/mol. The fraction of sp³-hybridized carbons (Fsp3) is 0. The molecule has 0 fully saturated rings. The summed E-state index contributed by atoms with van der Waals surface area (Å²) in [5.41, 5.74) is 4.15. The molecule has 3 aromatic rings. The van der Waals surface area contributed by atoms with Gasteiger partial charge in [-0.15, -0.1) is 10.2 Å². The molecule has 3 rings (SSSR count). The first-order chi connectivity index (χ1) is 10.8. The second-order valence-electron chi connectivity index (χ2n) is 4.37. The zero-order valence-electron chi connectivity index (χ0n) is 11.5. The first-order valence-corrected chi connectivity index (χ1v) is 6.54. The largest absolute Gasteiger partial charge is 0.288 e. The third-order valence-electron chi connectivity index (χ3n) is 2.83. The number of hydrogen-bond donors (Lipinski definition) is 2. The molecule has 108 valence electrons. The van der Waals surface area contributed by atoms with E-state index in [0.29, 0.717) is 5.56 Å². The number of aromatic nitrogens is 4. The van der Waals surface area contributed by atoms with Crippen LogP contribution in [0.1, 0.15) is 5.56 Å². The van der Waals surface area contributed by atoms with Crippen molar-refractivity contribution >= 4 is 12.2 Å². The van der Waals surface area contributed by atoms with Gasteiger partial charge in [0.2, 0.25) is 5.95 Å². The Hall–Kier alpha value is -3.35. The molecular formula is C15H12N6O. The van der Waals surface area contributed by atoms with Crippen molar-refractivity contribution in [3.63, 3.8) is 0 Å². The lowest BCUT2D eigenvalue weighted by atomic mass is 10.2. The van der Waals surface area contributed by atoms with E-state index in [0.717, 1.165) is 5.56 Å². The van der Waals surface area contributed by atoms with Crippen LogP contribution in [0.5, 0.6) is 0 Å². The Balaban J connectivity index is 1.76. The number of pyridine rings is 1. The van der Waals surface area contributed by atoms with Crippen LogP contribution in [-0.4, -0.2) is 26.4 Å². The first kappa shape index (κ1) is 13.6. The van der Waals surface area contributed by atoms with Crippen LogP contribution in [0.15, 0.2) is 64.8 Å². The minimum Gasteiger partial charge on any atom is -0.288 e. The molecular weight excluding hydrogens is 280 g/mol. The van der Waals surface area contributed by atoms with Gasteiger partial charge in [-0.2, -0.15) is 5.10 Å². The van der Waals surface area contributed by atoms with E-state index in [1.165, 1.54) is 0 Å². The smallest absolute Gasteiger partial charge is 0.279 e. The maximum atomic E-state index is 12.0. The van der Waals surface area contributed by atoms with E-state index < -0.39 is 0 Å². The van der Waals surface area contributed by atoms with Gasteiger partial charge in [0.05, 0.1) is 6.21 Å². The molecule has 0 amide bonds. The second kappa shape index (κ2) is 6.40. The minimum absolute atomic E-state index is 0.176. The normalized spacial score (nSPS) is 10.7. The second-order valence-corrected chi connectivity index (χ2v) is 4.37. The molecule has 0 unspecified atom stereocenters. The Morgan fingerprint density at radius 3 is 2.55 bits per heavy atom. The molecule has 2 N–H and O–H groups in total. The summed E-state index contributed by atoms with van der Waals surface area (Å²) in [6, 6.07) is 12.7. The number of nitrogens with zero attached hydrogens (tertiary/aromatic N) is 4. The van der Waals surface area contributed by atoms with Crippen molar-refractivity contribution in [2.45, 2.75) is 0 Å². The zero-order chi connectivity index (χ0) is 15.2. The van der Waals surface area contributed by atoms with E-state index in [1.807, 2.05) is 18.2 Å². The van der Waals surface area contributed by atoms with Crippen LogP contribution < -0.4 is 11.0 Å². The van der Waals surface area contributed by atoms with Gasteiger partial charge in [-0.1, -0.05) is 30.3 Å². The number of hydrazone groups is 1. The summed E-state index contributed by atoms with van der Waals surface area (Å²) in [5.74, 6) is 0.176. The summed E-state index contributed by atoms with van der Waals surface area (Å²) in [7, 11) is 0. The highest BCUT2D eigenvalue weighted by Crippen LogP contribution is 2.10. The van der Waals surface area contributed by atoms with Gasteiger partial charge >= 0.3 is 0 Å². The predicted molar refractivity (Wildman–Crippen MR) is 83.5 cm³/mol. The van der Waals surface area contributed by atoms with E-state index in [9.17, 15) is 4.79 Å². The number of hydrogen-bond acceptors (Lipinski definition) is 6. The molecule has 7 heteroatoms. The van der Waals surface area contributed by atoms with E-state index in [2.05, 4.69) is 30.7 Å². The molecule has 1 aromatic carbocycles. The molecule has 2 heterocycles. The lowest BCUT2D eigenvalue weighted by Crippen LogP contribution is -2.15. The molecule has 0 saturated carbocycles. The number of aromatic amines is 1. The van der Waals surface area contributed by atoms with Crippen molar-refractivity contribution in [1.82, 2.24) is 20.2 Å². The maximum absolute atomic E-state index is 12.0. The fourth-order valence-corrected chi connectivity index (χ4v) is 1.79. The van der Waals surface area contributed by atoms with Gasteiger partial charge in [0.25, 0.3) is 5.56 Å². The molecule has 0 bridgehead atoms. The molecule has 0 atom stereocenters. The van der Waals surface area contributed by atoms with E-state index in [-0.39, 0.29) is 17.2 Å². The van der Waals surface area contributed by atoms with E-state index in [1.54, 1.807) is 42.9 Å². The molecule has 7 nitrogen and oxygen atoms in total. The summed E-state index contributed by atoms with van der Waals surface area (Å²) in [4.78, 5) is 18.5. The van der Waals surface area contributed by atoms with Gasteiger partial charge < -0.3 is 0 Å². The zero-order valence-corrected chi connectivity index (χ0v) is 11.5. The van der Waals surface area contributed by atoms with Crippen molar-refractivity contribution in [3.8, 4) is 11.3 Å². The van der Waals surface area contributed by atoms with Gasteiger partial charge in [0, 0.05) is 18.0 Å². The maximum Gasteiger partial charge on any atom is 0.279 e. The topological polar surface area (TPSA) is 95.9 Å². The molecule has 0 aliphatic carbocycles. The summed E-state index contributed by atoms with van der Waals surface area (Å²) < 4.78 is 0. The van der Waals surface area contributed by atoms with Crippen LogP contribution in [-0.2, 0) is 0 Å². The van der Waals surface area contributed by atoms with Gasteiger partial charge in [0.1, 0.15) is 0 Å². The van der Waals surface area contributed by atoms with Gasteiger partial charge in [-0.3, -0.25) is 14.8 Å². The van der Waals surface area contributed by atoms with Crippen LogP contribution in [0.25, 0.3) is 11.3 Å². The van der Waals surface area contributed by atoms with Crippen LogP contribution in [0.4, 0.5) is 5.95 Å². The highest BCUT2D eigenvalue weighted by atomic mass is 16.1. The van der Waals surface area contributed by atoms with Crippen LogP contribution in [0, 0.1) is 0 Å². The molecule has 0 aliphatic rings. The van der Waals surface area contributed by atoms with Crippen molar-refractivity contribution in [2.24, 2.45) is 5.10 Å². The summed E-state index contributed by atoms with van der Waals surface area (Å²) in [6.45, 7) is 0. The van der Waals surface area contributed by atoms with Crippen molar-refractivity contribution in [2.75, 3.05) is 5.43 Å². The summed E-state index contributed by atoms with van der Waals surface area (Å²) >= 11 is 0. The Morgan fingerprint density at radius 1 is 1.05 bits per heavy atom. The molecule has 22 heavy (non-hydrogen) atoms. The number of nitrogens with one attached hydrogen (secondary N) is 2. The molecule has 0 spiro atoms. The van der Waals surface area contributed by atoms with Gasteiger partial charge in [0.15, 0.2) is 5.69 Å². The van der Waals surface area contributed by atoms with Crippen LogP contribution in [0.2, 0.25) is 0 Å². The summed E-state index contributed by atoms with van der Waals surface area (Å²) in [5, 5.41) is 11.8. The highest BCUT2D eigenvalue weighted by molar-refractivity contribution is 5.79. The fourth-order valence-electron chi connectivity index (χ4n) is 1.79. The quantitative estimate of drug-likeness (QED) is 0.563. The predicted octanol–water partition coefficient (Wildman–Crippen LogP) is 1.67. The molecule has 2 aromatic heterocycles.